The Morgan fingerprint density at radius 1 is 0.778 bits per heavy atom. The van der Waals surface area contributed by atoms with Crippen LogP contribution in [0, 0.1) is 0 Å². The molecule has 0 saturated carbocycles. The van der Waals surface area contributed by atoms with Crippen LogP contribution >= 0.6 is 0 Å². The summed E-state index contributed by atoms with van der Waals surface area (Å²) in [6.45, 7) is 3.25. The maximum Gasteiger partial charge on any atom is 0.269 e. The number of carbonyl (C=O) groups excluding carboxylic acids is 1. The average Bonchev–Trinajstić information content (AvgIpc) is 2.95. The standard InChI is InChI=1S/C28H29N7O/c29-24-26(32-33-28(36)23-14-8-3-9-15-23)30-20-31-27(24)35-18-16-34(17-19-35)25(21-10-4-1-5-11-21)22-12-6-2-7-13-22/h1-15,20,25H,16-19,29H2,(H,33,36)(H,30,31,32). The third kappa shape index (κ3) is 5.13. The zero-order valence-corrected chi connectivity index (χ0v) is 19.9. The van der Waals surface area contributed by atoms with Crippen molar-refractivity contribution < 1.29 is 4.79 Å². The van der Waals surface area contributed by atoms with Gasteiger partial charge in [0, 0.05) is 31.7 Å². The molecule has 0 bridgehead atoms. The minimum absolute atomic E-state index is 0.183. The average molecular weight is 480 g/mol. The number of aromatic nitrogens is 2. The number of benzene rings is 3. The molecule has 0 atom stereocenters. The van der Waals surface area contributed by atoms with Gasteiger partial charge < -0.3 is 10.6 Å². The first-order valence-electron chi connectivity index (χ1n) is 12.0. The molecule has 0 spiro atoms. The van der Waals surface area contributed by atoms with Crippen molar-refractivity contribution in [2.75, 3.05) is 42.2 Å². The van der Waals surface area contributed by atoms with Crippen LogP contribution in [-0.2, 0) is 0 Å². The summed E-state index contributed by atoms with van der Waals surface area (Å²) in [5.41, 5.74) is 15.4. The maximum absolute atomic E-state index is 12.4. The van der Waals surface area contributed by atoms with E-state index in [-0.39, 0.29) is 11.9 Å². The van der Waals surface area contributed by atoms with Crippen LogP contribution in [0.3, 0.4) is 0 Å². The van der Waals surface area contributed by atoms with E-state index in [0.29, 0.717) is 22.9 Å². The Kier molecular flexibility index (Phi) is 7.05. The molecular formula is C28H29N7O. The number of anilines is 3. The summed E-state index contributed by atoms with van der Waals surface area (Å²) in [6, 6.07) is 30.4. The summed E-state index contributed by atoms with van der Waals surface area (Å²) in [5, 5.41) is 0. The second kappa shape index (κ2) is 10.9. The number of nitrogen functional groups attached to an aromatic ring is 1. The van der Waals surface area contributed by atoms with Crippen molar-refractivity contribution in [2.45, 2.75) is 6.04 Å². The number of nitrogens with one attached hydrogen (secondary N) is 2. The molecule has 4 aromatic rings. The first kappa shape index (κ1) is 23.3. The monoisotopic (exact) mass is 479 g/mol. The molecule has 0 unspecified atom stereocenters. The molecule has 4 N–H and O–H groups in total. The molecule has 5 rings (SSSR count). The minimum atomic E-state index is -0.267. The molecule has 1 aromatic heterocycles. The van der Waals surface area contributed by atoms with E-state index in [9.17, 15) is 4.79 Å². The highest BCUT2D eigenvalue weighted by atomic mass is 16.2. The Labute approximate surface area is 210 Å². The largest absolute Gasteiger partial charge is 0.393 e. The highest BCUT2D eigenvalue weighted by Gasteiger charge is 2.28. The lowest BCUT2D eigenvalue weighted by molar-refractivity contribution is 0.0962. The normalized spacial score (nSPS) is 14.0. The van der Waals surface area contributed by atoms with E-state index in [1.54, 1.807) is 12.1 Å². The van der Waals surface area contributed by atoms with Crippen LogP contribution in [0.5, 0.6) is 0 Å². The van der Waals surface area contributed by atoms with E-state index >= 15 is 0 Å². The van der Waals surface area contributed by atoms with Gasteiger partial charge in [0.2, 0.25) is 0 Å². The lowest BCUT2D eigenvalue weighted by Crippen LogP contribution is -2.48. The van der Waals surface area contributed by atoms with Crippen LogP contribution in [0.15, 0.2) is 97.3 Å². The van der Waals surface area contributed by atoms with Gasteiger partial charge >= 0.3 is 0 Å². The molecule has 0 radical (unpaired) electrons. The van der Waals surface area contributed by atoms with Crippen molar-refractivity contribution in [3.8, 4) is 0 Å². The van der Waals surface area contributed by atoms with Crippen LogP contribution in [0.4, 0.5) is 17.3 Å². The van der Waals surface area contributed by atoms with Crippen molar-refractivity contribution in [3.63, 3.8) is 0 Å². The first-order valence-corrected chi connectivity index (χ1v) is 12.0. The van der Waals surface area contributed by atoms with Gasteiger partial charge in [-0.2, -0.15) is 0 Å². The van der Waals surface area contributed by atoms with Crippen LogP contribution < -0.4 is 21.5 Å². The number of hydrogen-bond donors (Lipinski definition) is 3. The van der Waals surface area contributed by atoms with E-state index in [1.807, 2.05) is 18.2 Å². The fourth-order valence-electron chi connectivity index (χ4n) is 4.59. The first-order chi connectivity index (χ1) is 17.7. The predicted molar refractivity (Wildman–Crippen MR) is 142 cm³/mol. The second-order valence-electron chi connectivity index (χ2n) is 8.65. The van der Waals surface area contributed by atoms with Gasteiger partial charge in [0.25, 0.3) is 5.91 Å². The summed E-state index contributed by atoms with van der Waals surface area (Å²) in [5.74, 6) is 0.770. The molecule has 182 valence electrons. The molecule has 1 aliphatic rings. The molecule has 2 heterocycles. The molecule has 8 nitrogen and oxygen atoms in total. The number of hydrazine groups is 1. The molecular weight excluding hydrogens is 450 g/mol. The smallest absolute Gasteiger partial charge is 0.269 e. The van der Waals surface area contributed by atoms with Gasteiger partial charge in [-0.05, 0) is 23.3 Å². The third-order valence-electron chi connectivity index (χ3n) is 6.40. The minimum Gasteiger partial charge on any atom is -0.393 e. The van der Waals surface area contributed by atoms with Gasteiger partial charge in [0.05, 0.1) is 6.04 Å². The van der Waals surface area contributed by atoms with E-state index in [1.165, 1.54) is 17.5 Å². The zero-order chi connectivity index (χ0) is 24.7. The Morgan fingerprint density at radius 3 is 1.92 bits per heavy atom. The van der Waals surface area contributed by atoms with E-state index in [0.717, 1.165) is 26.2 Å². The zero-order valence-electron chi connectivity index (χ0n) is 19.9. The number of piperazine rings is 1. The van der Waals surface area contributed by atoms with E-state index in [2.05, 4.69) is 91.3 Å². The van der Waals surface area contributed by atoms with Crippen LogP contribution in [0.1, 0.15) is 27.5 Å². The number of amides is 1. The SMILES string of the molecule is Nc1c(NNC(=O)c2ccccc2)ncnc1N1CCN(C(c2ccccc2)c2ccccc2)CC1. The number of nitrogens with zero attached hydrogens (tertiary/aromatic N) is 4. The summed E-state index contributed by atoms with van der Waals surface area (Å²) in [6.07, 6.45) is 1.46. The molecule has 8 heteroatoms. The van der Waals surface area contributed by atoms with E-state index in [4.69, 9.17) is 5.73 Å². The van der Waals surface area contributed by atoms with Gasteiger partial charge in [0.1, 0.15) is 12.0 Å². The quantitative estimate of drug-likeness (QED) is 0.347. The van der Waals surface area contributed by atoms with E-state index < -0.39 is 0 Å². The number of rotatable bonds is 7. The lowest BCUT2D eigenvalue weighted by atomic mass is 9.96. The third-order valence-corrected chi connectivity index (χ3v) is 6.40. The van der Waals surface area contributed by atoms with Crippen LogP contribution in [0.2, 0.25) is 0 Å². The molecule has 3 aromatic carbocycles. The topological polar surface area (TPSA) is 99.4 Å². The summed E-state index contributed by atoms with van der Waals surface area (Å²) in [7, 11) is 0. The molecule has 1 amide bonds. The molecule has 0 aliphatic carbocycles. The number of nitrogens with two attached hydrogens (primary N) is 1. The lowest BCUT2D eigenvalue weighted by Gasteiger charge is -2.40. The van der Waals surface area contributed by atoms with Gasteiger partial charge in [-0.1, -0.05) is 78.9 Å². The van der Waals surface area contributed by atoms with Gasteiger partial charge in [-0.25, -0.2) is 9.97 Å². The highest BCUT2D eigenvalue weighted by Crippen LogP contribution is 2.32. The van der Waals surface area contributed by atoms with Gasteiger partial charge in [0.15, 0.2) is 11.6 Å². The molecule has 1 fully saturated rings. The van der Waals surface area contributed by atoms with Gasteiger partial charge in [-0.3, -0.25) is 20.5 Å². The van der Waals surface area contributed by atoms with Crippen molar-refractivity contribution in [2.24, 2.45) is 0 Å². The Hall–Kier alpha value is -4.43. The van der Waals surface area contributed by atoms with Crippen molar-refractivity contribution in [1.29, 1.82) is 0 Å². The van der Waals surface area contributed by atoms with Crippen LogP contribution in [-0.4, -0.2) is 47.0 Å². The molecule has 1 saturated heterocycles. The summed E-state index contributed by atoms with van der Waals surface area (Å²) >= 11 is 0. The number of carbonyl (C=O) groups is 1. The Balaban J connectivity index is 1.28. The Bertz CT molecular complexity index is 1240. The fraction of sp³-hybridized carbons (Fsp3) is 0.179. The van der Waals surface area contributed by atoms with Crippen molar-refractivity contribution >= 4 is 23.2 Å². The fourth-order valence-corrected chi connectivity index (χ4v) is 4.59. The van der Waals surface area contributed by atoms with Gasteiger partial charge in [-0.15, -0.1) is 0 Å². The second-order valence-corrected chi connectivity index (χ2v) is 8.65. The molecule has 1 aliphatic heterocycles. The highest BCUT2D eigenvalue weighted by molar-refractivity contribution is 5.95. The van der Waals surface area contributed by atoms with Crippen LogP contribution in [0.25, 0.3) is 0 Å². The number of hydrogen-bond acceptors (Lipinski definition) is 7. The predicted octanol–water partition coefficient (Wildman–Crippen LogP) is 3.73. The Morgan fingerprint density at radius 2 is 1.33 bits per heavy atom. The summed E-state index contributed by atoms with van der Waals surface area (Å²) < 4.78 is 0. The van der Waals surface area contributed by atoms with Crippen molar-refractivity contribution in [3.05, 3.63) is 114 Å². The molecule has 36 heavy (non-hydrogen) atoms. The van der Waals surface area contributed by atoms with Crippen molar-refractivity contribution in [1.82, 2.24) is 20.3 Å². The maximum atomic E-state index is 12.4. The summed E-state index contributed by atoms with van der Waals surface area (Å²) in [4.78, 5) is 25.7.